The van der Waals surface area contributed by atoms with Crippen molar-refractivity contribution < 1.29 is 4.79 Å². The molecule has 114 valence electrons. The van der Waals surface area contributed by atoms with Gasteiger partial charge in [-0.2, -0.15) is 0 Å². The van der Waals surface area contributed by atoms with E-state index in [1.54, 1.807) is 0 Å². The zero-order valence-electron chi connectivity index (χ0n) is 12.6. The Balaban J connectivity index is 1.65. The van der Waals surface area contributed by atoms with Crippen molar-refractivity contribution in [2.45, 2.75) is 43.7 Å². The van der Waals surface area contributed by atoms with Crippen molar-refractivity contribution in [2.75, 3.05) is 39.8 Å². The van der Waals surface area contributed by atoms with Crippen LogP contribution in [0.2, 0.25) is 0 Å². The van der Waals surface area contributed by atoms with Gasteiger partial charge in [0.25, 0.3) is 0 Å². The Kier molecular flexibility index (Phi) is 4.02. The van der Waals surface area contributed by atoms with E-state index < -0.39 is 5.54 Å². The van der Waals surface area contributed by atoms with Crippen molar-refractivity contribution in [1.82, 2.24) is 15.1 Å². The van der Waals surface area contributed by atoms with Gasteiger partial charge in [0.2, 0.25) is 5.91 Å². The van der Waals surface area contributed by atoms with Gasteiger partial charge in [-0.1, -0.05) is 6.42 Å². The highest BCUT2D eigenvalue weighted by Gasteiger charge is 2.50. The number of nitrogens with one attached hydrogen (secondary N) is 1. The first-order valence-electron chi connectivity index (χ1n) is 8.11. The van der Waals surface area contributed by atoms with E-state index in [9.17, 15) is 4.79 Å². The van der Waals surface area contributed by atoms with Crippen LogP contribution in [0.1, 0.15) is 32.1 Å². The summed E-state index contributed by atoms with van der Waals surface area (Å²) in [6, 6.07) is 0.694. The number of rotatable bonds is 5. The van der Waals surface area contributed by atoms with Gasteiger partial charge in [-0.25, -0.2) is 0 Å². The molecule has 1 saturated carbocycles. The fourth-order valence-corrected chi connectivity index (χ4v) is 4.11. The first-order valence-corrected chi connectivity index (χ1v) is 8.11. The highest BCUT2D eigenvalue weighted by atomic mass is 16.1. The molecular formula is C15H28N4O. The van der Waals surface area contributed by atoms with Crippen LogP contribution in [-0.2, 0) is 4.79 Å². The standard InChI is InChI=1S/C15H28N4O/c1-17-15(14(16)20,12-5-6-12)11-18-8-9-19-7-3-2-4-13(19)10-18/h12-13,17H,2-11H2,1H3,(H2,16,20). The van der Waals surface area contributed by atoms with Crippen LogP contribution in [0.4, 0.5) is 0 Å². The van der Waals surface area contributed by atoms with Crippen molar-refractivity contribution in [1.29, 1.82) is 0 Å². The van der Waals surface area contributed by atoms with E-state index in [2.05, 4.69) is 15.1 Å². The fourth-order valence-electron chi connectivity index (χ4n) is 4.11. The third-order valence-electron chi connectivity index (χ3n) is 5.55. The van der Waals surface area contributed by atoms with Crippen LogP contribution in [0.3, 0.4) is 0 Å². The molecule has 3 rings (SSSR count). The zero-order valence-corrected chi connectivity index (χ0v) is 12.6. The van der Waals surface area contributed by atoms with E-state index in [-0.39, 0.29) is 5.91 Å². The van der Waals surface area contributed by atoms with Gasteiger partial charge >= 0.3 is 0 Å². The summed E-state index contributed by atoms with van der Waals surface area (Å²) in [4.78, 5) is 17.1. The summed E-state index contributed by atoms with van der Waals surface area (Å²) < 4.78 is 0. The molecule has 2 aliphatic heterocycles. The lowest BCUT2D eigenvalue weighted by Gasteiger charge is -2.46. The normalized spacial score (nSPS) is 31.6. The van der Waals surface area contributed by atoms with Crippen molar-refractivity contribution in [2.24, 2.45) is 11.7 Å². The van der Waals surface area contributed by atoms with E-state index >= 15 is 0 Å². The molecule has 0 spiro atoms. The SMILES string of the molecule is CNC(CN1CCN2CCCCC2C1)(C(N)=O)C1CC1. The molecule has 2 heterocycles. The number of likely N-dealkylation sites (N-methyl/N-ethyl adjacent to an activating group) is 1. The first kappa shape index (κ1) is 14.3. The van der Waals surface area contributed by atoms with Gasteiger partial charge in [-0.3, -0.25) is 14.6 Å². The van der Waals surface area contributed by atoms with E-state index in [1.165, 1.54) is 25.8 Å². The number of fused-ring (bicyclic) bond motifs is 1. The topological polar surface area (TPSA) is 61.6 Å². The number of hydrogen-bond acceptors (Lipinski definition) is 4. The zero-order chi connectivity index (χ0) is 14.2. The lowest BCUT2D eigenvalue weighted by atomic mass is 9.90. The molecule has 0 radical (unpaired) electrons. The second-order valence-corrected chi connectivity index (χ2v) is 6.78. The number of nitrogens with two attached hydrogens (primary N) is 1. The van der Waals surface area contributed by atoms with Crippen molar-refractivity contribution in [3.05, 3.63) is 0 Å². The molecule has 1 aliphatic carbocycles. The number of nitrogens with zero attached hydrogens (tertiary/aromatic N) is 2. The Labute approximate surface area is 121 Å². The average molecular weight is 280 g/mol. The van der Waals surface area contributed by atoms with Gasteiger partial charge < -0.3 is 11.1 Å². The molecule has 0 bridgehead atoms. The molecular weight excluding hydrogens is 252 g/mol. The molecule has 5 nitrogen and oxygen atoms in total. The number of carbonyl (C=O) groups excluding carboxylic acids is 1. The fraction of sp³-hybridized carbons (Fsp3) is 0.933. The second kappa shape index (κ2) is 5.62. The van der Waals surface area contributed by atoms with Crippen LogP contribution >= 0.6 is 0 Å². The largest absolute Gasteiger partial charge is 0.368 e. The minimum Gasteiger partial charge on any atom is -0.368 e. The molecule has 3 fully saturated rings. The minimum absolute atomic E-state index is 0.173. The van der Waals surface area contributed by atoms with Crippen LogP contribution in [0.25, 0.3) is 0 Å². The highest BCUT2D eigenvalue weighted by molar-refractivity contribution is 5.86. The third kappa shape index (κ3) is 2.59. The Morgan fingerprint density at radius 1 is 1.25 bits per heavy atom. The molecule has 2 unspecified atom stereocenters. The molecule has 0 aromatic rings. The summed E-state index contributed by atoms with van der Waals surface area (Å²) in [5, 5.41) is 3.27. The van der Waals surface area contributed by atoms with Gasteiger partial charge in [0.15, 0.2) is 0 Å². The highest BCUT2D eigenvalue weighted by Crippen LogP contribution is 2.40. The summed E-state index contributed by atoms with van der Waals surface area (Å²) >= 11 is 0. The summed E-state index contributed by atoms with van der Waals surface area (Å²) in [7, 11) is 1.89. The van der Waals surface area contributed by atoms with Gasteiger partial charge in [-0.05, 0) is 45.2 Å². The lowest BCUT2D eigenvalue weighted by Crippen LogP contribution is -2.65. The van der Waals surface area contributed by atoms with Gasteiger partial charge in [-0.15, -0.1) is 0 Å². The van der Waals surface area contributed by atoms with E-state index in [4.69, 9.17) is 5.73 Å². The summed E-state index contributed by atoms with van der Waals surface area (Å²) in [5.74, 6) is 0.267. The molecule has 5 heteroatoms. The van der Waals surface area contributed by atoms with Crippen molar-refractivity contribution in [3.8, 4) is 0 Å². The molecule has 1 amide bonds. The monoisotopic (exact) mass is 280 g/mol. The van der Waals surface area contributed by atoms with E-state index in [1.807, 2.05) is 7.05 Å². The number of hydrogen-bond donors (Lipinski definition) is 2. The molecule has 2 atom stereocenters. The van der Waals surface area contributed by atoms with Crippen LogP contribution < -0.4 is 11.1 Å². The number of piperazine rings is 1. The average Bonchev–Trinajstić information content (AvgIpc) is 3.29. The quantitative estimate of drug-likeness (QED) is 0.745. The van der Waals surface area contributed by atoms with Crippen LogP contribution in [0.15, 0.2) is 0 Å². The van der Waals surface area contributed by atoms with Crippen LogP contribution in [0, 0.1) is 5.92 Å². The summed E-state index contributed by atoms with van der Waals surface area (Å²) in [5.41, 5.74) is 5.23. The predicted octanol–water partition coefficient (Wildman–Crippen LogP) is 0.0100. The smallest absolute Gasteiger partial charge is 0.239 e. The number of piperidine rings is 1. The maximum atomic E-state index is 12.0. The van der Waals surface area contributed by atoms with Crippen LogP contribution in [0.5, 0.6) is 0 Å². The molecule has 2 saturated heterocycles. The maximum absolute atomic E-state index is 12.0. The molecule has 0 aromatic carbocycles. The van der Waals surface area contributed by atoms with Gasteiger partial charge in [0, 0.05) is 32.2 Å². The molecule has 0 aromatic heterocycles. The molecule has 3 N–H and O–H groups in total. The predicted molar refractivity (Wildman–Crippen MR) is 79.4 cm³/mol. The van der Waals surface area contributed by atoms with Crippen molar-refractivity contribution in [3.63, 3.8) is 0 Å². The van der Waals surface area contributed by atoms with E-state index in [0.717, 1.165) is 39.0 Å². The Morgan fingerprint density at radius 3 is 2.70 bits per heavy atom. The number of primary amides is 1. The third-order valence-corrected chi connectivity index (χ3v) is 5.55. The van der Waals surface area contributed by atoms with Crippen LogP contribution in [-0.4, -0.2) is 67.1 Å². The Bertz CT molecular complexity index is 371. The Morgan fingerprint density at radius 2 is 2.05 bits per heavy atom. The minimum atomic E-state index is -0.503. The van der Waals surface area contributed by atoms with E-state index in [0.29, 0.717) is 12.0 Å². The Hall–Kier alpha value is -0.650. The maximum Gasteiger partial charge on any atom is 0.239 e. The van der Waals surface area contributed by atoms with Gasteiger partial charge in [0.1, 0.15) is 5.54 Å². The van der Waals surface area contributed by atoms with Gasteiger partial charge in [0.05, 0.1) is 0 Å². The van der Waals surface area contributed by atoms with Crippen molar-refractivity contribution >= 4 is 5.91 Å². The lowest BCUT2D eigenvalue weighted by molar-refractivity contribution is -0.126. The molecule has 20 heavy (non-hydrogen) atoms. The number of carbonyl (C=O) groups is 1. The summed E-state index contributed by atoms with van der Waals surface area (Å²) in [6.07, 6.45) is 6.27. The first-order chi connectivity index (χ1) is 9.65. The summed E-state index contributed by atoms with van der Waals surface area (Å²) in [6.45, 7) is 5.36. The number of amides is 1. The molecule has 3 aliphatic rings. The second-order valence-electron chi connectivity index (χ2n) is 6.78.